The van der Waals surface area contributed by atoms with E-state index >= 15 is 0 Å². The van der Waals surface area contributed by atoms with E-state index in [0.29, 0.717) is 12.3 Å². The molecule has 0 aliphatic carbocycles. The molecule has 0 heterocycles. The minimum absolute atomic E-state index is 0.316. The van der Waals surface area contributed by atoms with Crippen molar-refractivity contribution in [3.63, 3.8) is 0 Å². The molecule has 14 heavy (non-hydrogen) atoms. The van der Waals surface area contributed by atoms with Gasteiger partial charge in [-0.25, -0.2) is 9.59 Å². The monoisotopic (exact) mass is 202 g/mol. The summed E-state index contributed by atoms with van der Waals surface area (Å²) in [6.07, 6.45) is 0.570. The van der Waals surface area contributed by atoms with Crippen molar-refractivity contribution in [2.75, 3.05) is 14.2 Å². The number of rotatable bonds is 4. The fourth-order valence-corrected chi connectivity index (χ4v) is 1.06. The SMILES string of the molecule is CNC(=O)N[C@H](CC(C)C)C(=O)OC. The number of carbonyl (C=O) groups excluding carboxylic acids is 2. The summed E-state index contributed by atoms with van der Waals surface area (Å²) in [4.78, 5) is 22.2. The Hall–Kier alpha value is -1.26. The molecule has 1 atom stereocenters. The van der Waals surface area contributed by atoms with Gasteiger partial charge in [-0.05, 0) is 12.3 Å². The molecule has 5 heteroatoms. The Morgan fingerprint density at radius 1 is 1.36 bits per heavy atom. The van der Waals surface area contributed by atoms with Crippen molar-refractivity contribution in [2.45, 2.75) is 26.3 Å². The molecule has 2 N–H and O–H groups in total. The largest absolute Gasteiger partial charge is 0.467 e. The highest BCUT2D eigenvalue weighted by Crippen LogP contribution is 2.05. The van der Waals surface area contributed by atoms with Crippen LogP contribution in [0.3, 0.4) is 0 Å². The van der Waals surface area contributed by atoms with E-state index in [9.17, 15) is 9.59 Å². The molecule has 5 nitrogen and oxygen atoms in total. The minimum Gasteiger partial charge on any atom is -0.467 e. The number of hydrogen-bond acceptors (Lipinski definition) is 3. The predicted octanol–water partition coefficient (Wildman–Crippen LogP) is 0.503. The summed E-state index contributed by atoms with van der Waals surface area (Å²) in [5, 5.41) is 4.91. The van der Waals surface area contributed by atoms with Crippen LogP contribution in [0, 0.1) is 5.92 Å². The van der Waals surface area contributed by atoms with Crippen LogP contribution in [-0.2, 0) is 9.53 Å². The summed E-state index contributed by atoms with van der Waals surface area (Å²) in [6, 6.07) is -0.944. The molecule has 0 radical (unpaired) electrons. The number of nitrogens with one attached hydrogen (secondary N) is 2. The van der Waals surface area contributed by atoms with E-state index in [1.165, 1.54) is 14.2 Å². The second kappa shape index (κ2) is 6.23. The van der Waals surface area contributed by atoms with Crippen LogP contribution in [0.2, 0.25) is 0 Å². The maximum Gasteiger partial charge on any atom is 0.328 e. The summed E-state index contributed by atoms with van der Waals surface area (Å²) < 4.78 is 4.58. The molecule has 0 unspecified atom stereocenters. The van der Waals surface area contributed by atoms with Crippen molar-refractivity contribution in [3.05, 3.63) is 0 Å². The molecule has 0 aromatic rings. The van der Waals surface area contributed by atoms with Crippen LogP contribution in [0.15, 0.2) is 0 Å². The standard InChI is InChI=1S/C9H18N2O3/c1-6(2)5-7(8(12)14-4)11-9(13)10-3/h6-7H,5H2,1-4H3,(H2,10,11,13)/t7-/m1/s1. The number of amides is 2. The van der Waals surface area contributed by atoms with E-state index in [4.69, 9.17) is 0 Å². The number of methoxy groups -OCH3 is 1. The highest BCUT2D eigenvalue weighted by Gasteiger charge is 2.21. The molecule has 0 saturated heterocycles. The average Bonchev–Trinajstić information content (AvgIpc) is 2.14. The second-order valence-electron chi connectivity index (χ2n) is 3.43. The van der Waals surface area contributed by atoms with Crippen molar-refractivity contribution in [1.82, 2.24) is 10.6 Å². The van der Waals surface area contributed by atoms with Crippen LogP contribution in [0.1, 0.15) is 20.3 Å². The molecule has 0 aromatic heterocycles. The van der Waals surface area contributed by atoms with Crippen LogP contribution in [0.25, 0.3) is 0 Å². The minimum atomic E-state index is -0.569. The molecule has 0 spiro atoms. The zero-order chi connectivity index (χ0) is 11.1. The lowest BCUT2D eigenvalue weighted by atomic mass is 10.0. The number of urea groups is 1. The summed E-state index contributed by atoms with van der Waals surface area (Å²) in [5.74, 6) is -0.0986. The predicted molar refractivity (Wildman–Crippen MR) is 52.9 cm³/mol. The third-order valence-corrected chi connectivity index (χ3v) is 1.73. The van der Waals surface area contributed by atoms with Crippen LogP contribution >= 0.6 is 0 Å². The van der Waals surface area contributed by atoms with Gasteiger partial charge in [-0.1, -0.05) is 13.8 Å². The lowest BCUT2D eigenvalue weighted by Crippen LogP contribution is -2.46. The van der Waals surface area contributed by atoms with E-state index in [0.717, 1.165) is 0 Å². The molecular weight excluding hydrogens is 184 g/mol. The van der Waals surface area contributed by atoms with Crippen molar-refractivity contribution < 1.29 is 14.3 Å². The van der Waals surface area contributed by atoms with Crippen molar-refractivity contribution in [1.29, 1.82) is 0 Å². The molecule has 0 rings (SSSR count). The molecule has 2 amide bonds. The lowest BCUT2D eigenvalue weighted by molar-refractivity contribution is -0.143. The topological polar surface area (TPSA) is 67.4 Å². The Kier molecular flexibility index (Phi) is 5.67. The number of esters is 1. The normalized spacial score (nSPS) is 12.1. The zero-order valence-electron chi connectivity index (χ0n) is 9.09. The molecule has 0 aromatic carbocycles. The van der Waals surface area contributed by atoms with Gasteiger partial charge in [-0.3, -0.25) is 0 Å². The van der Waals surface area contributed by atoms with Crippen molar-refractivity contribution in [2.24, 2.45) is 5.92 Å². The Morgan fingerprint density at radius 2 is 1.93 bits per heavy atom. The first-order valence-electron chi connectivity index (χ1n) is 4.57. The van der Waals surface area contributed by atoms with Gasteiger partial charge >= 0.3 is 12.0 Å². The van der Waals surface area contributed by atoms with Gasteiger partial charge in [-0.2, -0.15) is 0 Å². The quantitative estimate of drug-likeness (QED) is 0.652. The fourth-order valence-electron chi connectivity index (χ4n) is 1.06. The highest BCUT2D eigenvalue weighted by molar-refractivity contribution is 5.83. The number of ether oxygens (including phenoxy) is 1. The Labute approximate surface area is 84.2 Å². The third kappa shape index (κ3) is 4.69. The van der Waals surface area contributed by atoms with E-state index < -0.39 is 12.0 Å². The van der Waals surface area contributed by atoms with Gasteiger partial charge in [0.05, 0.1) is 7.11 Å². The van der Waals surface area contributed by atoms with E-state index in [-0.39, 0.29) is 6.03 Å². The average molecular weight is 202 g/mol. The van der Waals surface area contributed by atoms with Crippen molar-refractivity contribution >= 4 is 12.0 Å². The first kappa shape index (κ1) is 12.7. The maximum atomic E-state index is 11.2. The Morgan fingerprint density at radius 3 is 2.29 bits per heavy atom. The highest BCUT2D eigenvalue weighted by atomic mass is 16.5. The van der Waals surface area contributed by atoms with Crippen molar-refractivity contribution in [3.8, 4) is 0 Å². The van der Waals surface area contributed by atoms with Gasteiger partial charge in [-0.15, -0.1) is 0 Å². The van der Waals surface area contributed by atoms with Gasteiger partial charge < -0.3 is 15.4 Å². The van der Waals surface area contributed by atoms with Crippen LogP contribution < -0.4 is 10.6 Å². The van der Waals surface area contributed by atoms with Gasteiger partial charge in [0.1, 0.15) is 6.04 Å². The fraction of sp³-hybridized carbons (Fsp3) is 0.778. The first-order chi connectivity index (χ1) is 6.51. The Balaban J connectivity index is 4.24. The summed E-state index contributed by atoms with van der Waals surface area (Å²) >= 11 is 0. The molecule has 0 fully saturated rings. The number of hydrogen-bond donors (Lipinski definition) is 2. The zero-order valence-corrected chi connectivity index (χ0v) is 9.09. The van der Waals surface area contributed by atoms with E-state index in [2.05, 4.69) is 15.4 Å². The lowest BCUT2D eigenvalue weighted by Gasteiger charge is -2.17. The maximum absolute atomic E-state index is 11.2. The molecule has 0 aliphatic rings. The van der Waals surface area contributed by atoms with Gasteiger partial charge in [0.2, 0.25) is 0 Å². The molecule has 0 bridgehead atoms. The van der Waals surface area contributed by atoms with Gasteiger partial charge in [0.15, 0.2) is 0 Å². The molecule has 0 aliphatic heterocycles. The molecule has 0 saturated carbocycles. The van der Waals surface area contributed by atoms with Gasteiger partial charge in [0, 0.05) is 7.05 Å². The summed E-state index contributed by atoms with van der Waals surface area (Å²) in [6.45, 7) is 3.95. The molecular formula is C9H18N2O3. The second-order valence-corrected chi connectivity index (χ2v) is 3.43. The Bertz CT molecular complexity index is 204. The number of carbonyl (C=O) groups is 2. The smallest absolute Gasteiger partial charge is 0.328 e. The first-order valence-corrected chi connectivity index (χ1v) is 4.57. The van der Waals surface area contributed by atoms with Crippen LogP contribution in [0.4, 0.5) is 4.79 Å². The van der Waals surface area contributed by atoms with Crippen LogP contribution in [-0.4, -0.2) is 32.2 Å². The third-order valence-electron chi connectivity index (χ3n) is 1.73. The summed E-state index contributed by atoms with van der Waals surface area (Å²) in [5.41, 5.74) is 0. The van der Waals surface area contributed by atoms with Crippen LogP contribution in [0.5, 0.6) is 0 Å². The van der Waals surface area contributed by atoms with E-state index in [1.807, 2.05) is 13.8 Å². The van der Waals surface area contributed by atoms with Gasteiger partial charge in [0.25, 0.3) is 0 Å². The molecule has 82 valence electrons. The van der Waals surface area contributed by atoms with E-state index in [1.54, 1.807) is 0 Å². The summed E-state index contributed by atoms with van der Waals surface area (Å²) in [7, 11) is 2.81.